The number of anilines is 3. The van der Waals surface area contributed by atoms with Crippen molar-refractivity contribution >= 4 is 52.9 Å². The Balaban J connectivity index is 0.998. The van der Waals surface area contributed by atoms with Gasteiger partial charge in [0.2, 0.25) is 0 Å². The van der Waals surface area contributed by atoms with E-state index in [0.717, 1.165) is 91.9 Å². The molecule has 51 heavy (non-hydrogen) atoms. The van der Waals surface area contributed by atoms with E-state index in [4.69, 9.17) is 18.6 Å². The number of aromatic hydroxyl groups is 1. The van der Waals surface area contributed by atoms with Crippen molar-refractivity contribution in [1.29, 1.82) is 0 Å². The van der Waals surface area contributed by atoms with Gasteiger partial charge in [-0.1, -0.05) is 19.1 Å². The van der Waals surface area contributed by atoms with E-state index in [0.29, 0.717) is 30.1 Å². The van der Waals surface area contributed by atoms with Crippen molar-refractivity contribution in [1.82, 2.24) is 25.4 Å². The summed E-state index contributed by atoms with van der Waals surface area (Å²) in [5.41, 5.74) is 6.51. The summed E-state index contributed by atoms with van der Waals surface area (Å²) in [6.07, 6.45) is 5.66. The number of hydrogen-bond acceptors (Lipinski definition) is 11. The normalized spacial score (nSPS) is 15.2. The first-order valence-corrected chi connectivity index (χ1v) is 17.9. The molecule has 0 aliphatic carbocycles. The summed E-state index contributed by atoms with van der Waals surface area (Å²) >= 11 is 4.05. The molecule has 1 atom stereocenters. The molecule has 0 radical (unpaired) electrons. The van der Waals surface area contributed by atoms with Crippen molar-refractivity contribution in [2.45, 2.75) is 71.2 Å². The van der Waals surface area contributed by atoms with E-state index in [1.54, 1.807) is 6.07 Å². The van der Waals surface area contributed by atoms with Gasteiger partial charge in [0, 0.05) is 61.4 Å². The summed E-state index contributed by atoms with van der Waals surface area (Å²) in [6.45, 7) is 7.67. The molecule has 272 valence electrons. The fourth-order valence-corrected chi connectivity index (χ4v) is 6.67. The molecule has 6 rings (SSSR count). The topological polar surface area (TPSA) is 173 Å². The Morgan fingerprint density at radius 1 is 1.18 bits per heavy atom. The Morgan fingerprint density at radius 2 is 1.98 bits per heavy atom. The number of urea groups is 1. The number of aromatic nitrogens is 3. The van der Waals surface area contributed by atoms with Crippen LogP contribution in [0.4, 0.5) is 21.9 Å². The molecule has 0 saturated carbocycles. The minimum absolute atomic E-state index is 0.0697. The Labute approximate surface area is 302 Å². The van der Waals surface area contributed by atoms with Crippen molar-refractivity contribution in [3.05, 3.63) is 65.0 Å². The number of phenols is 1. The van der Waals surface area contributed by atoms with E-state index in [1.165, 1.54) is 6.07 Å². The van der Waals surface area contributed by atoms with Crippen LogP contribution in [-0.4, -0.2) is 70.8 Å². The van der Waals surface area contributed by atoms with E-state index in [1.807, 2.05) is 35.1 Å². The van der Waals surface area contributed by atoms with E-state index >= 15 is 0 Å². The molecule has 2 aromatic carbocycles. The lowest BCUT2D eigenvalue weighted by Crippen LogP contribution is -2.31. The minimum Gasteiger partial charge on any atom is -0.506 e. The van der Waals surface area contributed by atoms with Crippen LogP contribution in [0.5, 0.6) is 11.5 Å². The van der Waals surface area contributed by atoms with Crippen molar-refractivity contribution in [2.24, 2.45) is 0 Å². The summed E-state index contributed by atoms with van der Waals surface area (Å²) in [5, 5.41) is 31.5. The molecule has 0 unspecified atom stereocenters. The van der Waals surface area contributed by atoms with Crippen LogP contribution in [0.2, 0.25) is 0 Å². The van der Waals surface area contributed by atoms with Crippen LogP contribution in [0.15, 0.2) is 42.6 Å². The maximum absolute atomic E-state index is 13.1. The van der Waals surface area contributed by atoms with Crippen molar-refractivity contribution in [3.8, 4) is 11.5 Å². The zero-order chi connectivity index (χ0) is 35.7. The monoisotopic (exact) mass is 718 g/mol. The van der Waals surface area contributed by atoms with Crippen LogP contribution < -0.4 is 31.3 Å². The highest BCUT2D eigenvalue weighted by molar-refractivity contribution is 7.75. The molecule has 14 nitrogen and oxygen atoms in total. The number of pyridine rings is 1. The quantitative estimate of drug-likeness (QED) is 0.0380. The second kappa shape index (κ2) is 17.1. The maximum Gasteiger partial charge on any atom is 0.319 e. The largest absolute Gasteiger partial charge is 0.506 e. The lowest BCUT2D eigenvalue weighted by atomic mass is 10.0. The highest BCUT2D eigenvalue weighted by atomic mass is 32.1. The summed E-state index contributed by atoms with van der Waals surface area (Å²) in [6, 6.07) is 11.0. The van der Waals surface area contributed by atoms with Gasteiger partial charge in [0.1, 0.15) is 17.5 Å². The van der Waals surface area contributed by atoms with Crippen LogP contribution >= 0.6 is 12.9 Å². The van der Waals surface area contributed by atoms with Crippen LogP contribution in [-0.2, 0) is 39.6 Å². The number of hydrogen-bond donors (Lipinski definition) is 7. The van der Waals surface area contributed by atoms with Crippen LogP contribution in [0, 0.1) is 0 Å². The smallest absolute Gasteiger partial charge is 0.319 e. The third-order valence-corrected chi connectivity index (χ3v) is 9.47. The van der Waals surface area contributed by atoms with Gasteiger partial charge in [0.25, 0.3) is 5.91 Å². The number of rotatable bonds is 15. The Morgan fingerprint density at radius 3 is 2.73 bits per heavy atom. The minimum atomic E-state index is -0.461. The average molecular weight is 719 g/mol. The highest BCUT2D eigenvalue weighted by Gasteiger charge is 2.27. The zero-order valence-corrected chi connectivity index (χ0v) is 29.9. The van der Waals surface area contributed by atoms with Crippen LogP contribution in [0.3, 0.4) is 0 Å². The van der Waals surface area contributed by atoms with Gasteiger partial charge >= 0.3 is 6.03 Å². The first-order valence-electron chi connectivity index (χ1n) is 17.5. The molecule has 4 aromatic rings. The first-order chi connectivity index (χ1) is 24.9. The van der Waals surface area contributed by atoms with E-state index < -0.39 is 6.10 Å². The molecule has 3 amide bonds. The number of amides is 3. The number of aryl methyl sites for hydroxylation is 3. The van der Waals surface area contributed by atoms with Crippen LogP contribution in [0.25, 0.3) is 11.0 Å². The Bertz CT molecular complexity index is 1830. The zero-order valence-electron chi connectivity index (χ0n) is 29.0. The predicted octanol–water partition coefficient (Wildman–Crippen LogP) is 5.09. The molecule has 4 heterocycles. The number of carbonyl (C=O) groups excluding carboxylic acids is 2. The van der Waals surface area contributed by atoms with Crippen LogP contribution in [0.1, 0.15) is 61.6 Å². The summed E-state index contributed by atoms with van der Waals surface area (Å²) < 4.78 is 18.5. The molecule has 15 heteroatoms. The number of nitrogens with one attached hydrogen (secondary N) is 5. The Kier molecular flexibility index (Phi) is 12.1. The number of ether oxygens (including phenoxy) is 2. The molecule has 1 saturated heterocycles. The molecule has 2 aromatic heterocycles. The lowest BCUT2D eigenvalue weighted by Gasteiger charge is -2.26. The van der Waals surface area contributed by atoms with Gasteiger partial charge in [0.15, 0.2) is 18.0 Å². The van der Waals surface area contributed by atoms with Gasteiger partial charge in [-0.2, -0.15) is 5.10 Å². The van der Waals surface area contributed by atoms with Gasteiger partial charge < -0.3 is 45.3 Å². The molecular weight excluding hydrogens is 673 g/mol. The lowest BCUT2D eigenvalue weighted by molar-refractivity contribution is -0.118. The number of nitrogens with zero attached hydrogens (tertiary/aromatic N) is 3. The standard InChI is InChI=1S/C36H46N8O6S/c1-3-28-26(32(40-24-13-16-48-17-14-24)27-19-39-44(4-2)35(27)42-28)18-38-36(47)41-23-9-7-22(8-10-23)6-5-15-37-20-30(50-51)25-11-12-29(45)33-34(25)49-21-31(46)43-33/h7-12,19,24,30,37,45,51H,3-6,13-18,20-21H2,1-2H3,(H,40,42)(H,43,46)(H2,38,41,47)/t30-/m0/s1. The van der Waals surface area contributed by atoms with Gasteiger partial charge in [-0.3, -0.25) is 4.79 Å². The molecular formula is C36H46N8O6S. The number of thiol groups is 1. The predicted molar refractivity (Wildman–Crippen MR) is 199 cm³/mol. The third-order valence-electron chi connectivity index (χ3n) is 9.21. The summed E-state index contributed by atoms with van der Waals surface area (Å²) in [7, 11) is 0. The number of phenolic OH excluding ortho intramolecular Hbond substituents is 1. The fourth-order valence-electron chi connectivity index (χ4n) is 6.49. The molecule has 1 fully saturated rings. The second-order valence-corrected chi connectivity index (χ2v) is 12.8. The maximum atomic E-state index is 13.1. The number of benzene rings is 2. The first kappa shape index (κ1) is 36.2. The second-order valence-electron chi connectivity index (χ2n) is 12.6. The summed E-state index contributed by atoms with van der Waals surface area (Å²) in [4.78, 5) is 29.7. The third kappa shape index (κ3) is 8.67. The van der Waals surface area contributed by atoms with E-state index in [9.17, 15) is 14.7 Å². The molecule has 6 N–H and O–H groups in total. The number of carbonyl (C=O) groups is 2. The summed E-state index contributed by atoms with van der Waals surface area (Å²) in [5.74, 6) is -0.0145. The molecule has 0 spiro atoms. The van der Waals surface area contributed by atoms with Gasteiger partial charge in [-0.25, -0.2) is 14.5 Å². The van der Waals surface area contributed by atoms with Crippen molar-refractivity contribution < 1.29 is 28.4 Å². The molecule has 2 aliphatic rings. The molecule has 2 aliphatic heterocycles. The van der Waals surface area contributed by atoms with E-state index in [2.05, 4.69) is 58.4 Å². The van der Waals surface area contributed by atoms with Gasteiger partial charge in [-0.05, 0) is 88.3 Å². The van der Waals surface area contributed by atoms with Crippen molar-refractivity contribution in [2.75, 3.05) is 48.9 Å². The van der Waals surface area contributed by atoms with Crippen molar-refractivity contribution in [3.63, 3.8) is 0 Å². The SMILES string of the molecule is CCc1nc2c(cnn2CC)c(NC2CCOCC2)c1CNC(=O)Nc1ccc(CCCNC[C@H](OS)c2ccc(O)c3c2OCC(=O)N3)cc1. The fraction of sp³-hybridized carbons (Fsp3) is 0.444. The Hall–Kier alpha value is -4.57. The average Bonchev–Trinajstić information content (AvgIpc) is 3.57. The molecule has 0 bridgehead atoms. The van der Waals surface area contributed by atoms with E-state index in [-0.39, 0.29) is 36.0 Å². The van der Waals surface area contributed by atoms with Gasteiger partial charge in [-0.15, -0.1) is 0 Å². The highest BCUT2D eigenvalue weighted by Crippen LogP contribution is 2.42. The number of fused-ring (bicyclic) bond motifs is 2. The van der Waals surface area contributed by atoms with Gasteiger partial charge in [0.05, 0.1) is 17.3 Å².